The molecule has 1 aliphatic rings. The van der Waals surface area contributed by atoms with Crippen LogP contribution in [0.3, 0.4) is 0 Å². The Balaban J connectivity index is 2.12. The normalized spacial score (nSPS) is 12.8. The summed E-state index contributed by atoms with van der Waals surface area (Å²) in [6.07, 6.45) is 3.08. The molecule has 0 unspecified atom stereocenters. The first-order valence-corrected chi connectivity index (χ1v) is 6.89. The second kappa shape index (κ2) is 4.25. The van der Waals surface area contributed by atoms with Gasteiger partial charge >= 0.3 is 0 Å². The predicted octanol–water partition coefficient (Wildman–Crippen LogP) is 3.39. The first-order chi connectivity index (χ1) is 8.69. The maximum absolute atomic E-state index is 10.9. The Hall–Kier alpha value is -1.61. The smallest absolute Gasteiger partial charge is 0.160 e. The van der Waals surface area contributed by atoms with Gasteiger partial charge in [0, 0.05) is 24.7 Å². The van der Waals surface area contributed by atoms with Gasteiger partial charge < -0.3 is 4.90 Å². The molecule has 0 radical (unpaired) electrons. The van der Waals surface area contributed by atoms with Gasteiger partial charge in [0.1, 0.15) is 0 Å². The van der Waals surface area contributed by atoms with E-state index in [2.05, 4.69) is 37.2 Å². The van der Waals surface area contributed by atoms with Gasteiger partial charge in [-0.05, 0) is 47.7 Å². The minimum atomic E-state index is 0.838. The number of anilines is 1. The van der Waals surface area contributed by atoms with E-state index in [-0.39, 0.29) is 0 Å². The molecule has 0 amide bonds. The first-order valence-electron chi connectivity index (χ1n) is 6.07. The zero-order chi connectivity index (χ0) is 12.7. The van der Waals surface area contributed by atoms with Gasteiger partial charge in [-0.25, -0.2) is 0 Å². The van der Waals surface area contributed by atoms with Crippen molar-refractivity contribution in [3.05, 3.63) is 39.6 Å². The van der Waals surface area contributed by atoms with Gasteiger partial charge in [-0.1, -0.05) is 6.07 Å². The van der Waals surface area contributed by atoms with Crippen LogP contribution in [0.1, 0.15) is 20.1 Å². The van der Waals surface area contributed by atoms with Gasteiger partial charge in [-0.15, -0.1) is 11.3 Å². The zero-order valence-corrected chi connectivity index (χ0v) is 11.4. The summed E-state index contributed by atoms with van der Waals surface area (Å²) in [6, 6.07) is 8.62. The summed E-state index contributed by atoms with van der Waals surface area (Å²) < 4.78 is 0. The molecule has 3 rings (SSSR count). The first kappa shape index (κ1) is 11.5. The molecule has 92 valence electrons. The highest BCUT2D eigenvalue weighted by Crippen LogP contribution is 2.39. The molecule has 1 aliphatic carbocycles. The van der Waals surface area contributed by atoms with E-state index in [1.165, 1.54) is 27.3 Å². The fraction of sp³-hybridized carbons (Fsp3) is 0.267. The summed E-state index contributed by atoms with van der Waals surface area (Å²) in [4.78, 5) is 15.2. The number of thiophene rings is 1. The molecule has 0 saturated carbocycles. The molecule has 2 nitrogen and oxygen atoms in total. The quantitative estimate of drug-likeness (QED) is 0.769. The van der Waals surface area contributed by atoms with Crippen LogP contribution in [0.15, 0.2) is 24.3 Å². The molecule has 0 atom stereocenters. The Morgan fingerprint density at radius 2 is 2.00 bits per heavy atom. The molecular weight excluding hydrogens is 242 g/mol. The Morgan fingerprint density at radius 1 is 1.17 bits per heavy atom. The molecule has 0 bridgehead atoms. The Kier molecular flexibility index (Phi) is 2.71. The van der Waals surface area contributed by atoms with Crippen molar-refractivity contribution in [1.29, 1.82) is 0 Å². The highest BCUT2D eigenvalue weighted by atomic mass is 32.1. The summed E-state index contributed by atoms with van der Waals surface area (Å²) in [6.45, 7) is 0. The van der Waals surface area contributed by atoms with E-state index >= 15 is 0 Å². The lowest BCUT2D eigenvalue weighted by Crippen LogP contribution is -2.10. The highest BCUT2D eigenvalue weighted by molar-refractivity contribution is 7.14. The monoisotopic (exact) mass is 257 g/mol. The molecule has 0 saturated heterocycles. The van der Waals surface area contributed by atoms with Crippen molar-refractivity contribution in [2.24, 2.45) is 0 Å². The van der Waals surface area contributed by atoms with Gasteiger partial charge in [0.2, 0.25) is 0 Å². The van der Waals surface area contributed by atoms with E-state index in [1.807, 2.05) is 6.07 Å². The Labute approximate surface area is 111 Å². The average molecular weight is 257 g/mol. The van der Waals surface area contributed by atoms with Crippen LogP contribution in [0.25, 0.3) is 11.1 Å². The van der Waals surface area contributed by atoms with Crippen LogP contribution in [0.4, 0.5) is 5.69 Å². The highest BCUT2D eigenvalue weighted by Gasteiger charge is 2.19. The summed E-state index contributed by atoms with van der Waals surface area (Å²) in [5.41, 5.74) is 5.19. The summed E-state index contributed by atoms with van der Waals surface area (Å²) >= 11 is 1.63. The summed E-state index contributed by atoms with van der Waals surface area (Å²) in [5, 5.41) is 0. The number of nitrogens with zero attached hydrogens (tertiary/aromatic N) is 1. The summed E-state index contributed by atoms with van der Waals surface area (Å²) in [5.74, 6) is 0. The van der Waals surface area contributed by atoms with E-state index in [0.29, 0.717) is 0 Å². The van der Waals surface area contributed by atoms with Crippen molar-refractivity contribution in [1.82, 2.24) is 0 Å². The average Bonchev–Trinajstić information content (AvgIpc) is 2.81. The lowest BCUT2D eigenvalue weighted by Gasteiger charge is -2.20. The molecule has 1 aromatic carbocycles. The van der Waals surface area contributed by atoms with E-state index in [9.17, 15) is 4.79 Å². The van der Waals surface area contributed by atoms with Crippen molar-refractivity contribution in [2.45, 2.75) is 12.8 Å². The Morgan fingerprint density at radius 3 is 2.72 bits per heavy atom. The minimum Gasteiger partial charge on any atom is -0.378 e. The third kappa shape index (κ3) is 1.75. The largest absolute Gasteiger partial charge is 0.378 e. The van der Waals surface area contributed by atoms with Gasteiger partial charge in [0.15, 0.2) is 6.29 Å². The SMILES string of the molecule is CN(C)c1ccc2c(c1)CCc1sc(C=O)cc1-2. The van der Waals surface area contributed by atoms with Gasteiger partial charge in [-0.2, -0.15) is 0 Å². The van der Waals surface area contributed by atoms with Crippen LogP contribution in [0.2, 0.25) is 0 Å². The van der Waals surface area contributed by atoms with Crippen LogP contribution in [-0.2, 0) is 12.8 Å². The summed E-state index contributed by atoms with van der Waals surface area (Å²) in [7, 11) is 4.12. The number of aryl methyl sites for hydroxylation is 2. The molecule has 2 aromatic rings. The second-order valence-electron chi connectivity index (χ2n) is 4.84. The number of benzene rings is 1. The predicted molar refractivity (Wildman–Crippen MR) is 76.9 cm³/mol. The van der Waals surface area contributed by atoms with E-state index < -0.39 is 0 Å². The van der Waals surface area contributed by atoms with E-state index in [1.54, 1.807) is 11.3 Å². The van der Waals surface area contributed by atoms with Crippen molar-refractivity contribution in [2.75, 3.05) is 19.0 Å². The van der Waals surface area contributed by atoms with Crippen LogP contribution < -0.4 is 4.90 Å². The number of hydrogen-bond acceptors (Lipinski definition) is 3. The minimum absolute atomic E-state index is 0.838. The fourth-order valence-corrected chi connectivity index (χ4v) is 3.49. The van der Waals surface area contributed by atoms with Crippen molar-refractivity contribution in [3.8, 4) is 11.1 Å². The van der Waals surface area contributed by atoms with Crippen LogP contribution in [0.5, 0.6) is 0 Å². The molecule has 0 fully saturated rings. The molecule has 0 aliphatic heterocycles. The fourth-order valence-electron chi connectivity index (χ4n) is 2.50. The number of hydrogen-bond donors (Lipinski definition) is 0. The molecule has 0 spiro atoms. The standard InChI is InChI=1S/C15H15NOS/c1-16(2)11-4-5-13-10(7-11)3-6-15-14(13)8-12(9-17)18-15/h4-5,7-9H,3,6H2,1-2H3. The number of carbonyl (C=O) groups excluding carboxylic acids is 1. The number of carbonyl (C=O) groups is 1. The molecule has 1 heterocycles. The molecule has 1 aromatic heterocycles. The molecule has 0 N–H and O–H groups in total. The Bertz CT molecular complexity index is 613. The second-order valence-corrected chi connectivity index (χ2v) is 6.01. The van der Waals surface area contributed by atoms with Gasteiger partial charge in [0.05, 0.1) is 4.88 Å². The molecule has 18 heavy (non-hydrogen) atoms. The molecule has 3 heteroatoms. The van der Waals surface area contributed by atoms with Crippen molar-refractivity contribution >= 4 is 23.3 Å². The van der Waals surface area contributed by atoms with Crippen LogP contribution in [-0.4, -0.2) is 20.4 Å². The molecular formula is C15H15NOS. The van der Waals surface area contributed by atoms with Crippen molar-refractivity contribution in [3.63, 3.8) is 0 Å². The van der Waals surface area contributed by atoms with Gasteiger partial charge in [0.25, 0.3) is 0 Å². The number of fused-ring (bicyclic) bond motifs is 3. The lowest BCUT2D eigenvalue weighted by molar-refractivity contribution is 0.112. The number of aldehydes is 1. The van der Waals surface area contributed by atoms with Crippen LogP contribution in [0, 0.1) is 0 Å². The third-order valence-corrected chi connectivity index (χ3v) is 4.58. The van der Waals surface area contributed by atoms with E-state index in [4.69, 9.17) is 0 Å². The van der Waals surface area contributed by atoms with Crippen LogP contribution >= 0.6 is 11.3 Å². The van der Waals surface area contributed by atoms with Gasteiger partial charge in [-0.3, -0.25) is 4.79 Å². The van der Waals surface area contributed by atoms with Crippen molar-refractivity contribution < 1.29 is 4.79 Å². The number of rotatable bonds is 2. The zero-order valence-electron chi connectivity index (χ0n) is 10.6. The maximum atomic E-state index is 10.9. The lowest BCUT2D eigenvalue weighted by atomic mass is 9.90. The third-order valence-electron chi connectivity index (χ3n) is 3.46. The topological polar surface area (TPSA) is 20.3 Å². The van der Waals surface area contributed by atoms with E-state index in [0.717, 1.165) is 24.0 Å². The maximum Gasteiger partial charge on any atom is 0.160 e.